The molecule has 0 saturated carbocycles. The maximum atomic E-state index is 5.32. The van der Waals surface area contributed by atoms with Crippen LogP contribution in [0.15, 0.2) is 72.9 Å². The Bertz CT molecular complexity index is 1500. The van der Waals surface area contributed by atoms with Gasteiger partial charge < -0.3 is 14.7 Å². The summed E-state index contributed by atoms with van der Waals surface area (Å²) >= 11 is 0. The van der Waals surface area contributed by atoms with E-state index >= 15 is 0 Å². The quantitative estimate of drug-likeness (QED) is 0.427. The highest BCUT2D eigenvalue weighted by atomic mass is 16.5. The molecule has 0 aliphatic carbocycles. The van der Waals surface area contributed by atoms with Crippen molar-refractivity contribution in [3.8, 4) is 28.5 Å². The number of nitrogens with one attached hydrogen (secondary N) is 2. The Morgan fingerprint density at radius 3 is 2.47 bits per heavy atom. The predicted molar refractivity (Wildman–Crippen MR) is 118 cm³/mol. The third-order valence-electron chi connectivity index (χ3n) is 5.36. The number of nitrogens with zero attached hydrogens (tertiary/aromatic N) is 3. The number of imidazole rings is 1. The van der Waals surface area contributed by atoms with Crippen molar-refractivity contribution in [2.45, 2.75) is 0 Å². The van der Waals surface area contributed by atoms with Crippen LogP contribution in [0, 0.1) is 0 Å². The van der Waals surface area contributed by atoms with Crippen molar-refractivity contribution in [3.63, 3.8) is 0 Å². The summed E-state index contributed by atoms with van der Waals surface area (Å²) in [5, 5.41) is 2.26. The van der Waals surface area contributed by atoms with Crippen LogP contribution in [-0.4, -0.2) is 32.0 Å². The van der Waals surface area contributed by atoms with Crippen molar-refractivity contribution in [2.24, 2.45) is 0 Å². The molecule has 4 heterocycles. The van der Waals surface area contributed by atoms with Crippen LogP contribution in [0.2, 0.25) is 0 Å². The van der Waals surface area contributed by atoms with E-state index in [0.717, 1.165) is 50.0 Å². The Hall–Kier alpha value is -4.19. The summed E-state index contributed by atoms with van der Waals surface area (Å²) < 4.78 is 5.32. The van der Waals surface area contributed by atoms with Gasteiger partial charge in [-0.2, -0.15) is 0 Å². The van der Waals surface area contributed by atoms with E-state index in [1.54, 1.807) is 13.3 Å². The van der Waals surface area contributed by atoms with Gasteiger partial charge in [-0.05, 0) is 48.5 Å². The second-order valence-electron chi connectivity index (χ2n) is 7.14. The number of fused-ring (bicyclic) bond motifs is 4. The first-order valence-corrected chi connectivity index (χ1v) is 9.67. The number of methoxy groups -OCH3 is 1. The first-order chi connectivity index (χ1) is 14.8. The number of benzene rings is 2. The van der Waals surface area contributed by atoms with Gasteiger partial charge in [0.2, 0.25) is 0 Å². The molecule has 144 valence electrons. The predicted octanol–water partition coefficient (Wildman–Crippen LogP) is 5.33. The summed E-state index contributed by atoms with van der Waals surface area (Å²) in [7, 11) is 1.67. The van der Waals surface area contributed by atoms with Gasteiger partial charge in [0.05, 0.1) is 23.8 Å². The van der Waals surface area contributed by atoms with E-state index in [1.807, 2.05) is 48.5 Å². The highest BCUT2D eigenvalue weighted by Crippen LogP contribution is 2.35. The smallest absolute Gasteiger partial charge is 0.178 e. The van der Waals surface area contributed by atoms with Gasteiger partial charge in [0.1, 0.15) is 11.4 Å². The molecule has 6 aromatic rings. The van der Waals surface area contributed by atoms with Gasteiger partial charge in [0.25, 0.3) is 0 Å². The highest BCUT2D eigenvalue weighted by molar-refractivity contribution is 6.12. The van der Waals surface area contributed by atoms with Crippen molar-refractivity contribution in [2.75, 3.05) is 7.11 Å². The van der Waals surface area contributed by atoms with Gasteiger partial charge in [-0.1, -0.05) is 18.2 Å². The number of para-hydroxylation sites is 1. The average molecular weight is 391 g/mol. The number of H-pyrrole nitrogens is 2. The van der Waals surface area contributed by atoms with E-state index in [9.17, 15) is 0 Å². The molecule has 6 nitrogen and oxygen atoms in total. The zero-order chi connectivity index (χ0) is 20.1. The molecule has 0 amide bonds. The van der Waals surface area contributed by atoms with Crippen LogP contribution in [0.3, 0.4) is 0 Å². The van der Waals surface area contributed by atoms with Crippen molar-refractivity contribution in [3.05, 3.63) is 72.9 Å². The number of aromatic amines is 2. The minimum atomic E-state index is 0.680. The lowest BCUT2D eigenvalue weighted by atomic mass is 10.1. The van der Waals surface area contributed by atoms with Crippen molar-refractivity contribution >= 4 is 33.0 Å². The Kier molecular flexibility index (Phi) is 3.58. The minimum absolute atomic E-state index is 0.680. The molecule has 6 rings (SSSR count). The van der Waals surface area contributed by atoms with Gasteiger partial charge in [0.15, 0.2) is 11.5 Å². The summed E-state index contributed by atoms with van der Waals surface area (Å²) in [6.07, 6.45) is 1.74. The van der Waals surface area contributed by atoms with Crippen LogP contribution in [0.5, 0.6) is 5.75 Å². The number of hydrogen-bond donors (Lipinski definition) is 2. The largest absolute Gasteiger partial charge is 0.497 e. The summed E-state index contributed by atoms with van der Waals surface area (Å²) in [4.78, 5) is 20.9. The van der Waals surface area contributed by atoms with Crippen LogP contribution in [-0.2, 0) is 0 Å². The third kappa shape index (κ3) is 2.54. The first-order valence-electron chi connectivity index (χ1n) is 9.67. The maximum Gasteiger partial charge on any atom is 0.178 e. The molecule has 0 radical (unpaired) electrons. The molecule has 0 aliphatic rings. The summed E-state index contributed by atoms with van der Waals surface area (Å²) in [6, 6.07) is 22.2. The van der Waals surface area contributed by atoms with E-state index in [0.29, 0.717) is 11.5 Å². The molecule has 0 unspecified atom stereocenters. The molecular weight excluding hydrogens is 374 g/mol. The summed E-state index contributed by atoms with van der Waals surface area (Å²) in [5.74, 6) is 1.51. The fourth-order valence-corrected chi connectivity index (χ4v) is 3.89. The molecule has 0 aliphatic heterocycles. The molecule has 0 fully saturated rings. The number of pyridine rings is 2. The standard InChI is InChI=1S/C24H17N5O/c1-30-15-10-8-14(9-11-15)21-22-17(16-5-2-3-6-18(16)26-22)13-20(27-21)24-28-19-7-4-12-25-23(19)29-24/h2-13,26H,1H3,(H,25,28,29). The van der Waals surface area contributed by atoms with Crippen LogP contribution in [0.4, 0.5) is 0 Å². The number of ether oxygens (including phenoxy) is 1. The van der Waals surface area contributed by atoms with Crippen molar-refractivity contribution in [1.29, 1.82) is 0 Å². The molecule has 0 atom stereocenters. The molecule has 2 aromatic carbocycles. The SMILES string of the molecule is COc1ccc(-c2nc(-c3nc4ncccc4[nH]3)cc3c2[nH]c2ccccc23)cc1. The average Bonchev–Trinajstić information content (AvgIpc) is 3.40. The molecule has 4 aromatic heterocycles. The fraction of sp³-hybridized carbons (Fsp3) is 0.0417. The number of hydrogen-bond acceptors (Lipinski definition) is 4. The number of rotatable bonds is 3. The maximum absolute atomic E-state index is 5.32. The van der Waals surface area contributed by atoms with Gasteiger partial charge in [0, 0.05) is 28.0 Å². The Morgan fingerprint density at radius 2 is 1.63 bits per heavy atom. The highest BCUT2D eigenvalue weighted by Gasteiger charge is 2.16. The zero-order valence-electron chi connectivity index (χ0n) is 16.2. The Balaban J connectivity index is 1.66. The van der Waals surface area contributed by atoms with Gasteiger partial charge in [-0.25, -0.2) is 15.0 Å². The normalized spacial score (nSPS) is 11.5. The Morgan fingerprint density at radius 1 is 0.800 bits per heavy atom. The second kappa shape index (κ2) is 6.42. The lowest BCUT2D eigenvalue weighted by Crippen LogP contribution is -1.92. The second-order valence-corrected chi connectivity index (χ2v) is 7.14. The van der Waals surface area contributed by atoms with Gasteiger partial charge >= 0.3 is 0 Å². The lowest BCUT2D eigenvalue weighted by molar-refractivity contribution is 0.415. The Labute approximate surface area is 171 Å². The van der Waals surface area contributed by atoms with E-state index in [1.165, 1.54) is 0 Å². The first kappa shape index (κ1) is 16.7. The van der Waals surface area contributed by atoms with Crippen molar-refractivity contribution < 1.29 is 4.74 Å². The van der Waals surface area contributed by atoms with Crippen LogP contribution in [0.25, 0.3) is 55.7 Å². The zero-order valence-corrected chi connectivity index (χ0v) is 16.2. The topological polar surface area (TPSA) is 79.5 Å². The van der Waals surface area contributed by atoms with Gasteiger partial charge in [-0.3, -0.25) is 0 Å². The van der Waals surface area contributed by atoms with Crippen LogP contribution >= 0.6 is 0 Å². The van der Waals surface area contributed by atoms with Crippen LogP contribution < -0.4 is 4.74 Å². The molecule has 6 heteroatoms. The fourth-order valence-electron chi connectivity index (χ4n) is 3.89. The molecule has 2 N–H and O–H groups in total. The van der Waals surface area contributed by atoms with Crippen molar-refractivity contribution in [1.82, 2.24) is 24.9 Å². The van der Waals surface area contributed by atoms with E-state index in [4.69, 9.17) is 9.72 Å². The van der Waals surface area contributed by atoms with E-state index in [-0.39, 0.29) is 0 Å². The van der Waals surface area contributed by atoms with E-state index < -0.39 is 0 Å². The molecule has 30 heavy (non-hydrogen) atoms. The minimum Gasteiger partial charge on any atom is -0.497 e. The molecule has 0 spiro atoms. The molecule has 0 bridgehead atoms. The summed E-state index contributed by atoms with van der Waals surface area (Å²) in [6.45, 7) is 0. The third-order valence-corrected chi connectivity index (χ3v) is 5.36. The lowest BCUT2D eigenvalue weighted by Gasteiger charge is -2.07. The molecular formula is C24H17N5O. The van der Waals surface area contributed by atoms with E-state index in [2.05, 4.69) is 38.1 Å². The number of aromatic nitrogens is 5. The monoisotopic (exact) mass is 391 g/mol. The molecule has 0 saturated heterocycles. The van der Waals surface area contributed by atoms with Gasteiger partial charge in [-0.15, -0.1) is 0 Å². The summed E-state index contributed by atoms with van der Waals surface area (Å²) in [5.41, 5.74) is 6.29. The van der Waals surface area contributed by atoms with Crippen LogP contribution in [0.1, 0.15) is 0 Å².